The fraction of sp³-hybridized carbons (Fsp3) is 0.353. The lowest BCUT2D eigenvalue weighted by Crippen LogP contribution is -2.57. The summed E-state index contributed by atoms with van der Waals surface area (Å²) in [7, 11) is 0. The maximum atomic E-state index is 13.7. The van der Waals surface area contributed by atoms with Gasteiger partial charge in [0.2, 0.25) is 47.0 Å². The lowest BCUT2D eigenvalue weighted by Gasteiger charge is -2.29. The first-order chi connectivity index (χ1) is 24.7. The molecule has 2 aliphatic rings. The van der Waals surface area contributed by atoms with E-state index in [9.17, 15) is 47.9 Å². The number of nitrogens with two attached hydrogens (primary N) is 2. The molecule has 7 amide bonds. The van der Waals surface area contributed by atoms with E-state index in [2.05, 4.69) is 21.3 Å². The number of Topliss-reactive ketones (excluding diaryl/α,β-unsaturated/α-hetero) is 2. The van der Waals surface area contributed by atoms with Gasteiger partial charge in [0.25, 0.3) is 5.91 Å². The molecule has 0 radical (unpaired) electrons. The molecular weight excluding hydrogens is 682 g/mol. The quantitative estimate of drug-likeness (QED) is 0.0946. The number of carboxylic acid groups (broad SMARTS) is 1. The summed E-state index contributed by atoms with van der Waals surface area (Å²) in [5.41, 5.74) is 11.7. The second kappa shape index (κ2) is 17.0. The predicted molar refractivity (Wildman–Crippen MR) is 179 cm³/mol. The standard InChI is InChI=1S/C34H37N7O11/c35-25(42)11-9-22(32(50)38-16-28(45)46)40-33(51)24-6-3-13-41(24)34(52)23(10-12-26(36)43)39-27(44)15-37-31(49)17-7-8-19-18-4-1-2-5-20(18)29(47)30(48)21(19)14-17/h1-2,4-5,7-8,14,22-24H,3,6,9-13,15-16H2,(H2,35,42)(H2,36,43)(H,37,49)(H,38,50)(H,39,44)(H,40,51)(H,45,46). The molecule has 2 aromatic rings. The molecule has 18 heteroatoms. The molecule has 0 saturated carbocycles. The number of aliphatic carboxylic acids is 1. The predicted octanol–water partition coefficient (Wildman–Crippen LogP) is -1.85. The van der Waals surface area contributed by atoms with Crippen molar-refractivity contribution in [2.75, 3.05) is 19.6 Å². The number of primary amides is 2. The number of hydrogen-bond donors (Lipinski definition) is 7. The van der Waals surface area contributed by atoms with E-state index >= 15 is 0 Å². The highest BCUT2D eigenvalue weighted by Gasteiger charge is 2.39. The van der Waals surface area contributed by atoms with E-state index < -0.39 is 90.1 Å². The van der Waals surface area contributed by atoms with Crippen LogP contribution >= 0.6 is 0 Å². The normalized spacial score (nSPS) is 15.7. The fourth-order valence-corrected chi connectivity index (χ4v) is 5.93. The number of carbonyl (C=O) groups excluding carboxylic acids is 9. The fourth-order valence-electron chi connectivity index (χ4n) is 5.93. The van der Waals surface area contributed by atoms with E-state index in [1.54, 1.807) is 18.2 Å². The first-order valence-corrected chi connectivity index (χ1v) is 16.2. The molecule has 0 bridgehead atoms. The van der Waals surface area contributed by atoms with Crippen LogP contribution in [0.5, 0.6) is 0 Å². The van der Waals surface area contributed by atoms with Gasteiger partial charge in [0.05, 0.1) is 6.54 Å². The second-order valence-corrected chi connectivity index (χ2v) is 12.1. The molecule has 1 fully saturated rings. The Hall–Kier alpha value is -6.46. The Morgan fingerprint density at radius 1 is 0.769 bits per heavy atom. The Morgan fingerprint density at radius 3 is 2.04 bits per heavy atom. The minimum atomic E-state index is -1.36. The van der Waals surface area contributed by atoms with Gasteiger partial charge in [-0.3, -0.25) is 47.9 Å². The van der Waals surface area contributed by atoms with Crippen molar-refractivity contribution in [3.8, 4) is 11.1 Å². The summed E-state index contributed by atoms with van der Waals surface area (Å²) < 4.78 is 0. The number of nitrogens with zero attached hydrogens (tertiary/aromatic N) is 1. The van der Waals surface area contributed by atoms with Gasteiger partial charge in [-0.2, -0.15) is 0 Å². The Kier molecular flexibility index (Phi) is 12.5. The zero-order valence-corrected chi connectivity index (χ0v) is 27.8. The number of benzene rings is 2. The van der Waals surface area contributed by atoms with Gasteiger partial charge in [-0.25, -0.2) is 0 Å². The topological polar surface area (TPSA) is 294 Å². The molecule has 4 rings (SSSR count). The smallest absolute Gasteiger partial charge is 0.322 e. The van der Waals surface area contributed by atoms with Gasteiger partial charge in [0, 0.05) is 36.1 Å². The molecule has 0 spiro atoms. The number of fused-ring (bicyclic) bond motifs is 3. The number of hydrogen-bond acceptors (Lipinski definition) is 10. The lowest BCUT2D eigenvalue weighted by molar-refractivity contribution is -0.142. The monoisotopic (exact) mass is 719 g/mol. The summed E-state index contributed by atoms with van der Waals surface area (Å²) in [5, 5.41) is 18.3. The zero-order valence-electron chi connectivity index (χ0n) is 27.8. The molecule has 1 saturated heterocycles. The number of amides is 7. The molecule has 3 atom stereocenters. The van der Waals surface area contributed by atoms with E-state index in [0.29, 0.717) is 17.5 Å². The molecule has 3 unspecified atom stereocenters. The van der Waals surface area contributed by atoms with Crippen molar-refractivity contribution >= 4 is 58.9 Å². The van der Waals surface area contributed by atoms with Gasteiger partial charge < -0.3 is 42.7 Å². The van der Waals surface area contributed by atoms with Crippen LogP contribution in [0.3, 0.4) is 0 Å². The van der Waals surface area contributed by atoms with Crippen molar-refractivity contribution in [2.45, 2.75) is 56.7 Å². The van der Waals surface area contributed by atoms with Crippen molar-refractivity contribution in [2.24, 2.45) is 11.5 Å². The van der Waals surface area contributed by atoms with E-state index in [1.807, 2.05) is 0 Å². The molecule has 1 aliphatic heterocycles. The highest BCUT2D eigenvalue weighted by atomic mass is 16.4. The molecule has 274 valence electrons. The Morgan fingerprint density at radius 2 is 1.38 bits per heavy atom. The highest BCUT2D eigenvalue weighted by Crippen LogP contribution is 2.33. The van der Waals surface area contributed by atoms with Crippen LogP contribution in [0.4, 0.5) is 0 Å². The third-order valence-corrected chi connectivity index (χ3v) is 8.48. The summed E-state index contributed by atoms with van der Waals surface area (Å²) in [6, 6.07) is 6.93. The van der Waals surface area contributed by atoms with Crippen LogP contribution < -0.4 is 32.7 Å². The van der Waals surface area contributed by atoms with E-state index in [-0.39, 0.29) is 55.3 Å². The van der Waals surface area contributed by atoms with Crippen LogP contribution in [0, 0.1) is 0 Å². The molecule has 18 nitrogen and oxygen atoms in total. The number of likely N-dealkylation sites (tertiary alicyclic amines) is 1. The summed E-state index contributed by atoms with van der Waals surface area (Å²) in [6.07, 6.45) is -0.616. The van der Waals surface area contributed by atoms with Crippen LogP contribution in [0.2, 0.25) is 0 Å². The average molecular weight is 720 g/mol. The zero-order chi connectivity index (χ0) is 38.1. The molecular formula is C34H37N7O11. The van der Waals surface area contributed by atoms with Gasteiger partial charge in [-0.05, 0) is 48.9 Å². The SMILES string of the molecule is NC(=O)CCC(NC(=O)C1CCCN1C(=O)C(CCC(N)=O)NC(=O)CNC(=O)c1ccc2c(c1)C(=O)C(=O)c1ccccc1-2)C(=O)NCC(=O)O. The van der Waals surface area contributed by atoms with Crippen molar-refractivity contribution < 1.29 is 53.1 Å². The first kappa shape index (κ1) is 38.3. The number of ketones is 2. The second-order valence-electron chi connectivity index (χ2n) is 12.1. The van der Waals surface area contributed by atoms with Gasteiger partial charge >= 0.3 is 5.97 Å². The molecule has 52 heavy (non-hydrogen) atoms. The number of carboxylic acids is 1. The van der Waals surface area contributed by atoms with Crippen molar-refractivity contribution in [3.05, 3.63) is 59.2 Å². The summed E-state index contributed by atoms with van der Waals surface area (Å²) in [4.78, 5) is 126. The number of carbonyl (C=O) groups is 10. The molecule has 1 heterocycles. The highest BCUT2D eigenvalue weighted by molar-refractivity contribution is 6.53. The van der Waals surface area contributed by atoms with Crippen molar-refractivity contribution in [1.82, 2.24) is 26.2 Å². The van der Waals surface area contributed by atoms with Crippen LogP contribution in [0.15, 0.2) is 42.5 Å². The van der Waals surface area contributed by atoms with Crippen LogP contribution in [0.25, 0.3) is 11.1 Å². The maximum Gasteiger partial charge on any atom is 0.322 e. The largest absolute Gasteiger partial charge is 0.480 e. The number of nitrogens with one attached hydrogen (secondary N) is 4. The average Bonchev–Trinajstić information content (AvgIpc) is 3.61. The summed E-state index contributed by atoms with van der Waals surface area (Å²) >= 11 is 0. The van der Waals surface area contributed by atoms with Gasteiger partial charge in [-0.15, -0.1) is 0 Å². The molecule has 9 N–H and O–H groups in total. The molecule has 2 aromatic carbocycles. The lowest BCUT2D eigenvalue weighted by atomic mass is 9.83. The summed E-state index contributed by atoms with van der Waals surface area (Å²) in [5.74, 6) is -8.40. The van der Waals surface area contributed by atoms with Crippen molar-refractivity contribution in [3.63, 3.8) is 0 Å². The van der Waals surface area contributed by atoms with Gasteiger partial charge in [0.1, 0.15) is 24.7 Å². The third kappa shape index (κ3) is 9.40. The molecule has 1 aliphatic carbocycles. The van der Waals surface area contributed by atoms with Crippen LogP contribution in [0.1, 0.15) is 69.6 Å². The van der Waals surface area contributed by atoms with Gasteiger partial charge in [-0.1, -0.05) is 30.3 Å². The van der Waals surface area contributed by atoms with E-state index in [1.165, 1.54) is 24.3 Å². The van der Waals surface area contributed by atoms with E-state index in [0.717, 1.165) is 4.90 Å². The third-order valence-electron chi connectivity index (χ3n) is 8.48. The number of rotatable bonds is 16. The Bertz CT molecular complexity index is 1840. The Labute approximate surface area is 296 Å². The van der Waals surface area contributed by atoms with Gasteiger partial charge in [0.15, 0.2) is 0 Å². The molecule has 0 aromatic heterocycles. The Balaban J connectivity index is 1.42. The minimum absolute atomic E-state index is 0.00914. The summed E-state index contributed by atoms with van der Waals surface area (Å²) in [6.45, 7) is -1.32. The van der Waals surface area contributed by atoms with Crippen LogP contribution in [-0.2, 0) is 33.6 Å². The maximum absolute atomic E-state index is 13.7. The minimum Gasteiger partial charge on any atom is -0.480 e. The van der Waals surface area contributed by atoms with E-state index in [4.69, 9.17) is 16.6 Å². The van der Waals surface area contributed by atoms with Crippen LogP contribution in [-0.4, -0.2) is 107 Å². The van der Waals surface area contributed by atoms with Crippen molar-refractivity contribution in [1.29, 1.82) is 0 Å². The first-order valence-electron chi connectivity index (χ1n) is 16.2.